The highest BCUT2D eigenvalue weighted by atomic mass is 16.5. The van der Waals surface area contributed by atoms with Gasteiger partial charge < -0.3 is 24.5 Å². The van der Waals surface area contributed by atoms with Gasteiger partial charge in [-0.3, -0.25) is 14.5 Å². The van der Waals surface area contributed by atoms with E-state index in [1.807, 2.05) is 25.2 Å². The molecule has 3 aliphatic heterocycles. The lowest BCUT2D eigenvalue weighted by Crippen LogP contribution is -2.55. The standard InChI is InChI=1S/C27H34N4O4/c1-19(32)31-17-24(18-31)35-23-7-8-25-26(13-23)28(2)11-12-30(27(25)34)16-22(33)15-29-10-9-20-5-3-4-6-21(20)14-29/h3-8,13,22,24,33H,9-12,14-18H2,1-2H3/t22-/m1/s1. The number of amides is 2. The summed E-state index contributed by atoms with van der Waals surface area (Å²) in [5.74, 6) is 0.699. The average molecular weight is 479 g/mol. The van der Waals surface area contributed by atoms with E-state index < -0.39 is 6.10 Å². The van der Waals surface area contributed by atoms with Crippen molar-refractivity contribution in [2.45, 2.75) is 32.1 Å². The van der Waals surface area contributed by atoms with E-state index in [0.717, 1.165) is 25.2 Å². The van der Waals surface area contributed by atoms with Gasteiger partial charge >= 0.3 is 0 Å². The van der Waals surface area contributed by atoms with E-state index >= 15 is 0 Å². The molecule has 0 spiro atoms. The molecule has 3 aliphatic rings. The SMILES string of the molecule is CC(=O)N1CC(Oc2ccc3c(c2)N(C)CCN(C[C@H](O)CN2CCc4ccccc4C2)C3=O)C1. The molecule has 0 unspecified atom stereocenters. The fourth-order valence-corrected chi connectivity index (χ4v) is 5.20. The Labute approximate surface area is 206 Å². The Balaban J connectivity index is 1.21. The van der Waals surface area contributed by atoms with Crippen LogP contribution in [0.3, 0.4) is 0 Å². The van der Waals surface area contributed by atoms with Crippen molar-refractivity contribution in [3.63, 3.8) is 0 Å². The molecular formula is C27H34N4O4. The Morgan fingerprint density at radius 2 is 1.86 bits per heavy atom. The number of β-amino-alcohol motifs (C(OH)–C–C–N with tert-alkyl or cyclic N) is 1. The van der Waals surface area contributed by atoms with Crippen LogP contribution in [-0.2, 0) is 17.8 Å². The second-order valence-electron chi connectivity index (χ2n) is 9.92. The van der Waals surface area contributed by atoms with E-state index in [2.05, 4.69) is 34.1 Å². The molecule has 1 saturated heterocycles. The molecule has 2 aromatic rings. The zero-order chi connectivity index (χ0) is 24.5. The third-order valence-corrected chi connectivity index (χ3v) is 7.31. The number of nitrogens with zero attached hydrogens (tertiary/aromatic N) is 4. The fourth-order valence-electron chi connectivity index (χ4n) is 5.20. The quantitative estimate of drug-likeness (QED) is 0.680. The molecule has 3 heterocycles. The number of likely N-dealkylation sites (tertiary alicyclic amines) is 1. The van der Waals surface area contributed by atoms with E-state index in [0.29, 0.717) is 50.6 Å². The lowest BCUT2D eigenvalue weighted by Gasteiger charge is -2.38. The van der Waals surface area contributed by atoms with Gasteiger partial charge in [0.15, 0.2) is 0 Å². The predicted octanol–water partition coefficient (Wildman–Crippen LogP) is 1.61. The number of benzene rings is 2. The zero-order valence-corrected chi connectivity index (χ0v) is 20.5. The van der Waals surface area contributed by atoms with Gasteiger partial charge in [-0.25, -0.2) is 0 Å². The van der Waals surface area contributed by atoms with Crippen molar-refractivity contribution in [2.75, 3.05) is 57.8 Å². The molecule has 5 rings (SSSR count). The Kier molecular flexibility index (Phi) is 6.67. The van der Waals surface area contributed by atoms with Crippen LogP contribution in [0.1, 0.15) is 28.4 Å². The van der Waals surface area contributed by atoms with Crippen LogP contribution in [0, 0.1) is 0 Å². The maximum atomic E-state index is 13.4. The lowest BCUT2D eigenvalue weighted by atomic mass is 10.00. The first-order valence-corrected chi connectivity index (χ1v) is 12.4. The molecule has 2 aromatic carbocycles. The van der Waals surface area contributed by atoms with Crippen LogP contribution in [0.15, 0.2) is 42.5 Å². The van der Waals surface area contributed by atoms with Gasteiger partial charge in [0.25, 0.3) is 5.91 Å². The van der Waals surface area contributed by atoms with Gasteiger partial charge in [0.2, 0.25) is 5.91 Å². The van der Waals surface area contributed by atoms with Crippen molar-refractivity contribution < 1.29 is 19.4 Å². The predicted molar refractivity (Wildman–Crippen MR) is 134 cm³/mol. The largest absolute Gasteiger partial charge is 0.487 e. The summed E-state index contributed by atoms with van der Waals surface area (Å²) in [7, 11) is 1.97. The highest BCUT2D eigenvalue weighted by Gasteiger charge is 2.32. The van der Waals surface area contributed by atoms with Crippen molar-refractivity contribution in [3.8, 4) is 5.75 Å². The van der Waals surface area contributed by atoms with Gasteiger partial charge in [-0.2, -0.15) is 0 Å². The monoisotopic (exact) mass is 478 g/mol. The van der Waals surface area contributed by atoms with Crippen LogP contribution >= 0.6 is 0 Å². The van der Waals surface area contributed by atoms with Gasteiger partial charge in [-0.05, 0) is 29.7 Å². The number of fused-ring (bicyclic) bond motifs is 2. The molecule has 186 valence electrons. The minimum atomic E-state index is -0.610. The molecule has 1 fully saturated rings. The third kappa shape index (κ3) is 5.13. The Morgan fingerprint density at radius 1 is 1.09 bits per heavy atom. The first kappa shape index (κ1) is 23.6. The van der Waals surface area contributed by atoms with Crippen LogP contribution in [0.25, 0.3) is 0 Å². The molecule has 35 heavy (non-hydrogen) atoms. The number of hydrogen-bond acceptors (Lipinski definition) is 6. The summed E-state index contributed by atoms with van der Waals surface area (Å²) in [5.41, 5.74) is 4.16. The Morgan fingerprint density at radius 3 is 2.63 bits per heavy atom. The van der Waals surface area contributed by atoms with Gasteiger partial charge in [0, 0.05) is 59.3 Å². The number of aliphatic hydroxyl groups excluding tert-OH is 1. The summed E-state index contributed by atoms with van der Waals surface area (Å²) in [6.07, 6.45) is 0.362. The minimum Gasteiger partial charge on any atom is -0.487 e. The zero-order valence-electron chi connectivity index (χ0n) is 20.5. The van der Waals surface area contributed by atoms with Gasteiger partial charge in [-0.1, -0.05) is 24.3 Å². The van der Waals surface area contributed by atoms with Crippen molar-refractivity contribution in [2.24, 2.45) is 0 Å². The summed E-state index contributed by atoms with van der Waals surface area (Å²) in [5, 5.41) is 10.9. The summed E-state index contributed by atoms with van der Waals surface area (Å²) in [6.45, 7) is 6.59. The number of ether oxygens (including phenoxy) is 1. The number of hydrogen-bond donors (Lipinski definition) is 1. The topological polar surface area (TPSA) is 76.6 Å². The van der Waals surface area contributed by atoms with Crippen molar-refractivity contribution in [3.05, 3.63) is 59.2 Å². The number of likely N-dealkylation sites (N-methyl/N-ethyl adjacent to an activating group) is 1. The Hall–Kier alpha value is -3.10. The molecular weight excluding hydrogens is 444 g/mol. The second kappa shape index (κ2) is 9.87. The summed E-state index contributed by atoms with van der Waals surface area (Å²) >= 11 is 0. The van der Waals surface area contributed by atoms with Crippen LogP contribution in [0.2, 0.25) is 0 Å². The maximum Gasteiger partial charge on any atom is 0.256 e. The van der Waals surface area contributed by atoms with E-state index in [1.165, 1.54) is 11.1 Å². The number of rotatable bonds is 6. The van der Waals surface area contributed by atoms with Crippen molar-refractivity contribution >= 4 is 17.5 Å². The molecule has 8 nitrogen and oxygen atoms in total. The minimum absolute atomic E-state index is 0.0165. The first-order valence-electron chi connectivity index (χ1n) is 12.4. The maximum absolute atomic E-state index is 13.4. The van der Waals surface area contributed by atoms with E-state index in [9.17, 15) is 14.7 Å². The van der Waals surface area contributed by atoms with Gasteiger partial charge in [0.1, 0.15) is 11.9 Å². The fraction of sp³-hybridized carbons (Fsp3) is 0.481. The molecule has 1 N–H and O–H groups in total. The highest BCUT2D eigenvalue weighted by Crippen LogP contribution is 2.30. The normalized spacial score (nSPS) is 19.5. The van der Waals surface area contributed by atoms with E-state index in [4.69, 9.17) is 4.74 Å². The van der Waals surface area contributed by atoms with Crippen LogP contribution in [-0.4, -0.2) is 96.7 Å². The summed E-state index contributed by atoms with van der Waals surface area (Å²) in [6, 6.07) is 14.0. The molecule has 0 aliphatic carbocycles. The van der Waals surface area contributed by atoms with Crippen molar-refractivity contribution in [1.29, 1.82) is 0 Å². The molecule has 0 bridgehead atoms. The second-order valence-corrected chi connectivity index (χ2v) is 9.92. The number of anilines is 1. The van der Waals surface area contributed by atoms with Gasteiger partial charge in [-0.15, -0.1) is 0 Å². The molecule has 8 heteroatoms. The lowest BCUT2D eigenvalue weighted by molar-refractivity contribution is -0.137. The number of carbonyl (C=O) groups is 2. The Bertz CT molecular complexity index is 1100. The number of aliphatic hydroxyl groups is 1. The smallest absolute Gasteiger partial charge is 0.256 e. The van der Waals surface area contributed by atoms with Crippen molar-refractivity contribution in [1.82, 2.24) is 14.7 Å². The highest BCUT2D eigenvalue weighted by molar-refractivity contribution is 6.00. The van der Waals surface area contributed by atoms with Crippen LogP contribution in [0.4, 0.5) is 5.69 Å². The van der Waals surface area contributed by atoms with E-state index in [-0.39, 0.29) is 17.9 Å². The first-order chi connectivity index (χ1) is 16.9. The summed E-state index contributed by atoms with van der Waals surface area (Å²) in [4.78, 5) is 32.6. The van der Waals surface area contributed by atoms with Crippen LogP contribution in [0.5, 0.6) is 5.75 Å². The van der Waals surface area contributed by atoms with Gasteiger partial charge in [0.05, 0.1) is 30.4 Å². The molecule has 2 amide bonds. The average Bonchev–Trinajstić information content (AvgIpc) is 2.92. The third-order valence-electron chi connectivity index (χ3n) is 7.31. The molecule has 0 saturated carbocycles. The molecule has 1 atom stereocenters. The summed E-state index contributed by atoms with van der Waals surface area (Å²) < 4.78 is 6.03. The van der Waals surface area contributed by atoms with E-state index in [1.54, 1.807) is 16.7 Å². The molecule has 0 radical (unpaired) electrons. The van der Waals surface area contributed by atoms with Crippen LogP contribution < -0.4 is 9.64 Å². The number of carbonyl (C=O) groups excluding carboxylic acids is 2. The molecule has 0 aromatic heterocycles.